The van der Waals surface area contributed by atoms with Crippen LogP contribution in [0.1, 0.15) is 20.8 Å². The van der Waals surface area contributed by atoms with Crippen LogP contribution in [0.3, 0.4) is 0 Å². The maximum absolute atomic E-state index is 6.00. The standard InChI is InChI=1S/C11H24N2O2/c1-11(2,3)15-9-10(12)8-13-4-6-14-7-5-13/h10H,4-9,12H2,1-3H3. The van der Waals surface area contributed by atoms with E-state index < -0.39 is 0 Å². The summed E-state index contributed by atoms with van der Waals surface area (Å²) in [6.07, 6.45) is 0. The first-order valence-electron chi connectivity index (χ1n) is 5.67. The molecule has 0 aromatic heterocycles. The molecule has 0 amide bonds. The number of hydrogen-bond donors (Lipinski definition) is 1. The molecule has 0 bridgehead atoms. The van der Waals surface area contributed by atoms with Gasteiger partial charge in [0, 0.05) is 25.7 Å². The van der Waals surface area contributed by atoms with Gasteiger partial charge in [-0.05, 0) is 20.8 Å². The molecule has 15 heavy (non-hydrogen) atoms. The molecule has 1 saturated heterocycles. The van der Waals surface area contributed by atoms with Crippen molar-refractivity contribution in [3.8, 4) is 0 Å². The van der Waals surface area contributed by atoms with Gasteiger partial charge in [-0.3, -0.25) is 4.90 Å². The van der Waals surface area contributed by atoms with E-state index in [0.717, 1.165) is 32.8 Å². The van der Waals surface area contributed by atoms with Crippen molar-refractivity contribution >= 4 is 0 Å². The number of morpholine rings is 1. The minimum Gasteiger partial charge on any atom is -0.379 e. The van der Waals surface area contributed by atoms with Crippen molar-refractivity contribution in [3.63, 3.8) is 0 Å². The lowest BCUT2D eigenvalue weighted by molar-refractivity contribution is -0.0202. The largest absolute Gasteiger partial charge is 0.379 e. The van der Waals surface area contributed by atoms with Gasteiger partial charge in [0.2, 0.25) is 0 Å². The van der Waals surface area contributed by atoms with Crippen LogP contribution in [0.15, 0.2) is 0 Å². The van der Waals surface area contributed by atoms with Crippen molar-refractivity contribution < 1.29 is 9.47 Å². The van der Waals surface area contributed by atoms with Gasteiger partial charge in [0.25, 0.3) is 0 Å². The molecule has 0 aromatic rings. The number of nitrogens with zero attached hydrogens (tertiary/aromatic N) is 1. The van der Waals surface area contributed by atoms with Gasteiger partial charge >= 0.3 is 0 Å². The van der Waals surface area contributed by atoms with E-state index in [1.54, 1.807) is 0 Å². The molecule has 1 unspecified atom stereocenters. The molecule has 1 atom stereocenters. The summed E-state index contributed by atoms with van der Waals surface area (Å²) in [7, 11) is 0. The smallest absolute Gasteiger partial charge is 0.0637 e. The average Bonchev–Trinajstić information content (AvgIpc) is 2.15. The Hall–Kier alpha value is -0.160. The van der Waals surface area contributed by atoms with Crippen molar-refractivity contribution in [2.45, 2.75) is 32.4 Å². The molecule has 4 heteroatoms. The Labute approximate surface area is 92.7 Å². The normalized spacial score (nSPS) is 21.6. The number of nitrogens with two attached hydrogens (primary N) is 1. The highest BCUT2D eigenvalue weighted by Gasteiger charge is 2.16. The minimum atomic E-state index is -0.0946. The Kier molecular flexibility index (Phi) is 4.99. The summed E-state index contributed by atoms with van der Waals surface area (Å²) in [6.45, 7) is 11.3. The summed E-state index contributed by atoms with van der Waals surface area (Å²) in [5.74, 6) is 0. The molecule has 1 aliphatic rings. The summed E-state index contributed by atoms with van der Waals surface area (Å²) in [5.41, 5.74) is 5.91. The highest BCUT2D eigenvalue weighted by molar-refractivity contribution is 4.71. The molecule has 0 aliphatic carbocycles. The van der Waals surface area contributed by atoms with Crippen LogP contribution >= 0.6 is 0 Å². The highest BCUT2D eigenvalue weighted by Crippen LogP contribution is 2.07. The van der Waals surface area contributed by atoms with E-state index in [1.807, 2.05) is 0 Å². The van der Waals surface area contributed by atoms with Crippen molar-refractivity contribution in [2.75, 3.05) is 39.5 Å². The van der Waals surface area contributed by atoms with Crippen LogP contribution in [0.2, 0.25) is 0 Å². The van der Waals surface area contributed by atoms with Crippen LogP contribution < -0.4 is 5.73 Å². The third-order valence-electron chi connectivity index (χ3n) is 2.33. The Bertz CT molecular complexity index is 174. The second-order valence-electron chi connectivity index (χ2n) is 5.10. The topological polar surface area (TPSA) is 47.7 Å². The van der Waals surface area contributed by atoms with Crippen LogP contribution in [0.4, 0.5) is 0 Å². The number of hydrogen-bond acceptors (Lipinski definition) is 4. The third kappa shape index (κ3) is 6.10. The first kappa shape index (κ1) is 12.9. The van der Waals surface area contributed by atoms with Crippen molar-refractivity contribution in [1.29, 1.82) is 0 Å². The first-order chi connectivity index (χ1) is 6.97. The van der Waals surface area contributed by atoms with E-state index in [-0.39, 0.29) is 11.6 Å². The second kappa shape index (κ2) is 5.80. The predicted octanol–water partition coefficient (Wildman–Crippen LogP) is 0.461. The predicted molar refractivity (Wildman–Crippen MR) is 60.9 cm³/mol. The minimum absolute atomic E-state index is 0.0946. The molecule has 4 nitrogen and oxygen atoms in total. The van der Waals surface area contributed by atoms with Gasteiger partial charge in [-0.1, -0.05) is 0 Å². The SMILES string of the molecule is CC(C)(C)OCC(N)CN1CCOCC1. The molecule has 1 fully saturated rings. The molecule has 0 spiro atoms. The van der Waals surface area contributed by atoms with Crippen LogP contribution in [-0.4, -0.2) is 56.0 Å². The van der Waals surface area contributed by atoms with Gasteiger partial charge in [-0.15, -0.1) is 0 Å². The van der Waals surface area contributed by atoms with Crippen molar-refractivity contribution in [2.24, 2.45) is 5.73 Å². The van der Waals surface area contributed by atoms with Crippen LogP contribution in [0.25, 0.3) is 0 Å². The van der Waals surface area contributed by atoms with Crippen molar-refractivity contribution in [1.82, 2.24) is 4.90 Å². The molecule has 0 radical (unpaired) electrons. The average molecular weight is 216 g/mol. The Balaban J connectivity index is 2.14. The summed E-state index contributed by atoms with van der Waals surface area (Å²) >= 11 is 0. The molecule has 2 N–H and O–H groups in total. The van der Waals surface area contributed by atoms with Gasteiger partial charge < -0.3 is 15.2 Å². The van der Waals surface area contributed by atoms with E-state index in [1.165, 1.54) is 0 Å². The van der Waals surface area contributed by atoms with Crippen molar-refractivity contribution in [3.05, 3.63) is 0 Å². The summed E-state index contributed by atoms with van der Waals surface area (Å²) < 4.78 is 10.9. The molecule has 1 heterocycles. The Morgan fingerprint density at radius 3 is 2.47 bits per heavy atom. The van der Waals surface area contributed by atoms with Gasteiger partial charge in [0.1, 0.15) is 0 Å². The van der Waals surface area contributed by atoms with Crippen LogP contribution in [0.5, 0.6) is 0 Å². The molecular formula is C11H24N2O2. The first-order valence-corrected chi connectivity index (χ1v) is 5.67. The maximum Gasteiger partial charge on any atom is 0.0637 e. The molecule has 0 saturated carbocycles. The maximum atomic E-state index is 6.00. The summed E-state index contributed by atoms with van der Waals surface area (Å²) in [4.78, 5) is 2.33. The fourth-order valence-corrected chi connectivity index (χ4v) is 1.53. The lowest BCUT2D eigenvalue weighted by Gasteiger charge is -2.30. The Morgan fingerprint density at radius 2 is 1.93 bits per heavy atom. The van der Waals surface area contributed by atoms with Crippen LogP contribution in [0, 0.1) is 0 Å². The van der Waals surface area contributed by atoms with Gasteiger partial charge in [-0.25, -0.2) is 0 Å². The third-order valence-corrected chi connectivity index (χ3v) is 2.33. The zero-order valence-corrected chi connectivity index (χ0v) is 10.2. The van der Waals surface area contributed by atoms with E-state index in [9.17, 15) is 0 Å². The zero-order chi connectivity index (χ0) is 11.3. The molecular weight excluding hydrogens is 192 g/mol. The van der Waals surface area contributed by atoms with Gasteiger partial charge in [-0.2, -0.15) is 0 Å². The van der Waals surface area contributed by atoms with E-state index in [4.69, 9.17) is 15.2 Å². The molecule has 1 rings (SSSR count). The monoisotopic (exact) mass is 216 g/mol. The van der Waals surface area contributed by atoms with E-state index in [2.05, 4.69) is 25.7 Å². The van der Waals surface area contributed by atoms with E-state index >= 15 is 0 Å². The van der Waals surface area contributed by atoms with E-state index in [0.29, 0.717) is 6.61 Å². The molecule has 1 aliphatic heterocycles. The fourth-order valence-electron chi connectivity index (χ4n) is 1.53. The number of ether oxygens (including phenoxy) is 2. The molecule has 90 valence electrons. The quantitative estimate of drug-likeness (QED) is 0.742. The van der Waals surface area contributed by atoms with Crippen LogP contribution in [-0.2, 0) is 9.47 Å². The highest BCUT2D eigenvalue weighted by atomic mass is 16.5. The van der Waals surface area contributed by atoms with Gasteiger partial charge in [0.15, 0.2) is 0 Å². The molecule has 0 aromatic carbocycles. The summed E-state index contributed by atoms with van der Waals surface area (Å²) in [6, 6.07) is 0.0994. The second-order valence-corrected chi connectivity index (χ2v) is 5.10. The number of rotatable bonds is 4. The fraction of sp³-hybridized carbons (Fsp3) is 1.00. The summed E-state index contributed by atoms with van der Waals surface area (Å²) in [5, 5.41) is 0. The zero-order valence-electron chi connectivity index (χ0n) is 10.2. The lowest BCUT2D eigenvalue weighted by Crippen LogP contribution is -2.46. The Morgan fingerprint density at radius 1 is 1.33 bits per heavy atom. The lowest BCUT2D eigenvalue weighted by atomic mass is 10.2. The van der Waals surface area contributed by atoms with Gasteiger partial charge in [0.05, 0.1) is 25.4 Å².